The Balaban J connectivity index is 1.53. The summed E-state index contributed by atoms with van der Waals surface area (Å²) >= 11 is 9.50. The quantitative estimate of drug-likeness (QED) is 0.520. The van der Waals surface area contributed by atoms with Gasteiger partial charge in [-0.15, -0.1) is 21.5 Å². The lowest BCUT2D eigenvalue weighted by Gasteiger charge is -2.13. The van der Waals surface area contributed by atoms with Crippen LogP contribution in [0.1, 0.15) is 30.2 Å². The number of rotatable bonds is 7. The molecule has 3 heterocycles. The van der Waals surface area contributed by atoms with E-state index >= 15 is 0 Å². The van der Waals surface area contributed by atoms with Gasteiger partial charge in [0.25, 0.3) is 5.91 Å². The number of thiocarbonyl (C=S) groups is 1. The van der Waals surface area contributed by atoms with Crippen molar-refractivity contribution in [3.8, 4) is 0 Å². The van der Waals surface area contributed by atoms with Crippen LogP contribution >= 0.6 is 46.7 Å². The maximum absolute atomic E-state index is 12.5. The summed E-state index contributed by atoms with van der Waals surface area (Å²) < 4.78 is 0.478. The number of carbonyl (C=O) groups is 2. The molecule has 3 rings (SSSR count). The number of nitrogens with one attached hydrogen (secondary N) is 1. The number of aromatic nitrogens is 2. The second-order valence-electron chi connectivity index (χ2n) is 6.25. The number of thiophene rings is 1. The third-order valence-electron chi connectivity index (χ3n) is 3.55. The Morgan fingerprint density at radius 1 is 1.41 bits per heavy atom. The van der Waals surface area contributed by atoms with Crippen LogP contribution < -0.4 is 5.32 Å². The lowest BCUT2D eigenvalue weighted by molar-refractivity contribution is -0.122. The average Bonchev–Trinajstić information content (AvgIpc) is 3.30. The normalized spacial score (nSPS) is 16.0. The van der Waals surface area contributed by atoms with Crippen molar-refractivity contribution in [2.75, 3.05) is 11.9 Å². The Kier molecular flexibility index (Phi) is 6.74. The first-order valence-corrected chi connectivity index (χ1v) is 11.3. The van der Waals surface area contributed by atoms with Crippen LogP contribution in [0.15, 0.2) is 22.4 Å². The molecular weight excluding hydrogens is 420 g/mol. The molecule has 0 saturated carbocycles. The highest BCUT2D eigenvalue weighted by Gasteiger charge is 2.32. The Bertz CT molecular complexity index is 873. The molecule has 0 radical (unpaired) electrons. The van der Waals surface area contributed by atoms with E-state index in [0.717, 1.165) is 16.3 Å². The van der Waals surface area contributed by atoms with Crippen molar-refractivity contribution in [1.29, 1.82) is 0 Å². The monoisotopic (exact) mass is 438 g/mol. The Hall–Kier alpha value is -1.62. The minimum atomic E-state index is -0.210. The van der Waals surface area contributed by atoms with Gasteiger partial charge in [0.15, 0.2) is 0 Å². The smallest absolute Gasteiger partial charge is 0.266 e. The summed E-state index contributed by atoms with van der Waals surface area (Å²) in [5.74, 6) is 0.123. The predicted molar refractivity (Wildman–Crippen MR) is 116 cm³/mol. The van der Waals surface area contributed by atoms with Crippen molar-refractivity contribution in [2.45, 2.75) is 26.7 Å². The molecule has 142 valence electrons. The number of amides is 2. The summed E-state index contributed by atoms with van der Waals surface area (Å²) in [6.45, 7) is 4.46. The maximum atomic E-state index is 12.5. The summed E-state index contributed by atoms with van der Waals surface area (Å²) in [4.78, 5) is 27.8. The van der Waals surface area contributed by atoms with Crippen LogP contribution in [0, 0.1) is 5.92 Å². The molecule has 1 fully saturated rings. The zero-order valence-corrected chi connectivity index (χ0v) is 18.1. The van der Waals surface area contributed by atoms with E-state index in [9.17, 15) is 9.59 Å². The molecule has 0 aromatic carbocycles. The van der Waals surface area contributed by atoms with Crippen molar-refractivity contribution >= 4 is 74.0 Å². The second-order valence-corrected chi connectivity index (χ2v) is 9.96. The summed E-state index contributed by atoms with van der Waals surface area (Å²) in [6, 6.07) is 3.88. The van der Waals surface area contributed by atoms with Gasteiger partial charge in [0, 0.05) is 24.3 Å². The fraction of sp³-hybridized carbons (Fsp3) is 0.353. The molecule has 0 spiro atoms. The van der Waals surface area contributed by atoms with E-state index < -0.39 is 0 Å². The van der Waals surface area contributed by atoms with Crippen LogP contribution in [0.3, 0.4) is 0 Å². The minimum absolute atomic E-state index is 0.151. The number of thioether (sulfide) groups is 1. The molecule has 0 bridgehead atoms. The van der Waals surface area contributed by atoms with Crippen molar-refractivity contribution in [2.24, 2.45) is 5.92 Å². The van der Waals surface area contributed by atoms with Crippen LogP contribution in [0.2, 0.25) is 0 Å². The maximum Gasteiger partial charge on any atom is 0.266 e. The minimum Gasteiger partial charge on any atom is -0.300 e. The number of anilines is 1. The van der Waals surface area contributed by atoms with E-state index in [1.54, 1.807) is 11.3 Å². The van der Waals surface area contributed by atoms with Gasteiger partial charge in [-0.3, -0.25) is 14.5 Å². The number of carbonyl (C=O) groups excluding carboxylic acids is 2. The summed E-state index contributed by atoms with van der Waals surface area (Å²) in [6.07, 6.45) is 2.82. The van der Waals surface area contributed by atoms with Gasteiger partial charge in [-0.05, 0) is 23.4 Å². The van der Waals surface area contributed by atoms with Crippen LogP contribution in [-0.2, 0) is 16.0 Å². The van der Waals surface area contributed by atoms with Gasteiger partial charge in [0.1, 0.15) is 9.33 Å². The molecule has 27 heavy (non-hydrogen) atoms. The predicted octanol–water partition coefficient (Wildman–Crippen LogP) is 4.03. The molecule has 2 amide bonds. The van der Waals surface area contributed by atoms with Crippen molar-refractivity contribution in [1.82, 2.24) is 15.1 Å². The van der Waals surface area contributed by atoms with Crippen LogP contribution in [-0.4, -0.2) is 37.8 Å². The number of hydrogen-bond acceptors (Lipinski definition) is 8. The van der Waals surface area contributed by atoms with Crippen molar-refractivity contribution < 1.29 is 9.59 Å². The summed E-state index contributed by atoms with van der Waals surface area (Å²) in [7, 11) is 0. The molecule has 0 aliphatic carbocycles. The zero-order chi connectivity index (χ0) is 19.4. The summed E-state index contributed by atoms with van der Waals surface area (Å²) in [5.41, 5.74) is 0. The van der Waals surface area contributed by atoms with Crippen LogP contribution in [0.4, 0.5) is 5.13 Å². The van der Waals surface area contributed by atoms with Crippen LogP contribution in [0.5, 0.6) is 0 Å². The molecule has 2 aromatic heterocycles. The first-order chi connectivity index (χ1) is 12.9. The second kappa shape index (κ2) is 9.05. The molecule has 1 aliphatic rings. The van der Waals surface area contributed by atoms with E-state index in [1.807, 2.05) is 23.6 Å². The standard InChI is InChI=1S/C17H18N4O2S4/c1-10(2)8-14-19-20-16(27-14)18-13(22)5-6-21-15(23)12(26-17(21)24)9-11-4-3-7-25-11/h3-4,7,9-10H,5-6,8H2,1-2H3,(H,18,20,22). The van der Waals surface area contributed by atoms with E-state index in [2.05, 4.69) is 29.4 Å². The van der Waals surface area contributed by atoms with Gasteiger partial charge in [0.05, 0.1) is 4.91 Å². The number of hydrogen-bond donors (Lipinski definition) is 1. The van der Waals surface area contributed by atoms with Gasteiger partial charge in [-0.25, -0.2) is 0 Å². The third-order valence-corrected chi connectivity index (χ3v) is 6.61. The van der Waals surface area contributed by atoms with Gasteiger partial charge in [-0.2, -0.15) is 0 Å². The topological polar surface area (TPSA) is 75.2 Å². The highest BCUT2D eigenvalue weighted by Crippen LogP contribution is 2.33. The largest absolute Gasteiger partial charge is 0.300 e. The van der Waals surface area contributed by atoms with Gasteiger partial charge < -0.3 is 5.32 Å². The first-order valence-electron chi connectivity index (χ1n) is 8.33. The van der Waals surface area contributed by atoms with E-state index in [-0.39, 0.29) is 24.8 Å². The van der Waals surface area contributed by atoms with Crippen molar-refractivity contribution in [3.05, 3.63) is 32.3 Å². The Morgan fingerprint density at radius 3 is 2.93 bits per heavy atom. The van der Waals surface area contributed by atoms with Gasteiger partial charge >= 0.3 is 0 Å². The average molecular weight is 439 g/mol. The molecular formula is C17H18N4O2S4. The fourth-order valence-corrected chi connectivity index (χ4v) is 5.33. The lowest BCUT2D eigenvalue weighted by atomic mass is 10.1. The molecule has 2 aromatic rings. The molecule has 0 atom stereocenters. The molecule has 1 aliphatic heterocycles. The SMILES string of the molecule is CC(C)Cc1nnc(NC(=O)CCN2C(=O)C(=Cc3cccs3)SC2=S)s1. The molecule has 10 heteroatoms. The highest BCUT2D eigenvalue weighted by molar-refractivity contribution is 8.26. The third kappa shape index (κ3) is 5.44. The van der Waals surface area contributed by atoms with E-state index in [0.29, 0.717) is 20.3 Å². The Morgan fingerprint density at radius 2 is 2.22 bits per heavy atom. The van der Waals surface area contributed by atoms with Crippen LogP contribution in [0.25, 0.3) is 6.08 Å². The van der Waals surface area contributed by atoms with Gasteiger partial charge in [0.2, 0.25) is 11.0 Å². The molecule has 0 unspecified atom stereocenters. The first kappa shape index (κ1) is 20.1. The highest BCUT2D eigenvalue weighted by atomic mass is 32.2. The molecule has 1 N–H and O–H groups in total. The van der Waals surface area contributed by atoms with E-state index in [4.69, 9.17) is 12.2 Å². The fourth-order valence-electron chi connectivity index (χ4n) is 2.33. The Labute approximate surface area is 175 Å². The lowest BCUT2D eigenvalue weighted by Crippen LogP contribution is -2.31. The zero-order valence-electron chi connectivity index (χ0n) is 14.8. The summed E-state index contributed by atoms with van der Waals surface area (Å²) in [5, 5.41) is 14.1. The van der Waals surface area contributed by atoms with Gasteiger partial charge in [-0.1, -0.05) is 55.2 Å². The molecule has 1 saturated heterocycles. The number of nitrogens with zero attached hydrogens (tertiary/aromatic N) is 3. The van der Waals surface area contributed by atoms with E-state index in [1.165, 1.54) is 28.0 Å². The van der Waals surface area contributed by atoms with Crippen molar-refractivity contribution in [3.63, 3.8) is 0 Å². The molecule has 6 nitrogen and oxygen atoms in total.